The van der Waals surface area contributed by atoms with Gasteiger partial charge in [-0.25, -0.2) is 0 Å². The van der Waals surface area contributed by atoms with Gasteiger partial charge < -0.3 is 9.84 Å². The summed E-state index contributed by atoms with van der Waals surface area (Å²) in [5.74, 6) is 0.463. The molecule has 0 aliphatic carbocycles. The number of hydrogen-bond acceptors (Lipinski definition) is 3. The van der Waals surface area contributed by atoms with E-state index in [-0.39, 0.29) is 5.91 Å². The number of carbonyl (C=O) groups excluding carboxylic acids is 1. The highest BCUT2D eigenvalue weighted by molar-refractivity contribution is 6.06. The fraction of sp³-hybridized carbons (Fsp3) is 0.333. The minimum atomic E-state index is -0.163. The number of rotatable bonds is 3. The van der Waals surface area contributed by atoms with E-state index < -0.39 is 0 Å². The first-order valence-corrected chi connectivity index (χ1v) is 6.36. The van der Waals surface area contributed by atoms with E-state index >= 15 is 0 Å². The molecule has 0 unspecified atom stereocenters. The van der Waals surface area contributed by atoms with Gasteiger partial charge in [-0.3, -0.25) is 4.79 Å². The third kappa shape index (κ3) is 2.67. The standard InChI is InChI=1S/C15H18N2O2/c1-5-13-14(11(4)17-19-13)15(18)16-12-8-9(2)6-7-10(12)3/h6-8H,5H2,1-4H3,(H,16,18). The minimum Gasteiger partial charge on any atom is -0.360 e. The number of carbonyl (C=O) groups is 1. The molecule has 1 N–H and O–H groups in total. The average molecular weight is 258 g/mol. The van der Waals surface area contributed by atoms with Gasteiger partial charge in [-0.15, -0.1) is 0 Å². The maximum Gasteiger partial charge on any atom is 0.261 e. The van der Waals surface area contributed by atoms with Gasteiger partial charge in [0.2, 0.25) is 0 Å². The van der Waals surface area contributed by atoms with Gasteiger partial charge in [-0.1, -0.05) is 24.2 Å². The molecule has 0 bridgehead atoms. The van der Waals surface area contributed by atoms with Gasteiger partial charge >= 0.3 is 0 Å². The number of nitrogens with one attached hydrogen (secondary N) is 1. The molecule has 1 aromatic heterocycles. The van der Waals surface area contributed by atoms with E-state index in [1.54, 1.807) is 6.92 Å². The van der Waals surface area contributed by atoms with Crippen molar-refractivity contribution in [3.63, 3.8) is 0 Å². The molecule has 1 heterocycles. The van der Waals surface area contributed by atoms with Gasteiger partial charge in [-0.05, 0) is 38.0 Å². The van der Waals surface area contributed by atoms with Crippen molar-refractivity contribution in [2.24, 2.45) is 0 Å². The van der Waals surface area contributed by atoms with Crippen molar-refractivity contribution >= 4 is 11.6 Å². The zero-order chi connectivity index (χ0) is 14.0. The number of nitrogens with zero attached hydrogens (tertiary/aromatic N) is 1. The number of aryl methyl sites for hydroxylation is 4. The Labute approximate surface area is 112 Å². The summed E-state index contributed by atoms with van der Waals surface area (Å²) in [6.45, 7) is 7.68. The Morgan fingerprint density at radius 3 is 2.74 bits per heavy atom. The van der Waals surface area contributed by atoms with Crippen molar-refractivity contribution in [1.29, 1.82) is 0 Å². The first-order valence-electron chi connectivity index (χ1n) is 6.36. The van der Waals surface area contributed by atoms with Crippen LogP contribution < -0.4 is 5.32 Å². The molecule has 0 saturated carbocycles. The van der Waals surface area contributed by atoms with E-state index in [2.05, 4.69) is 10.5 Å². The van der Waals surface area contributed by atoms with Crippen LogP contribution >= 0.6 is 0 Å². The number of anilines is 1. The smallest absolute Gasteiger partial charge is 0.261 e. The van der Waals surface area contributed by atoms with Crippen LogP contribution in [-0.2, 0) is 6.42 Å². The molecule has 19 heavy (non-hydrogen) atoms. The summed E-state index contributed by atoms with van der Waals surface area (Å²) in [6.07, 6.45) is 0.649. The number of benzene rings is 1. The van der Waals surface area contributed by atoms with Crippen molar-refractivity contribution in [1.82, 2.24) is 5.16 Å². The van der Waals surface area contributed by atoms with Crippen LogP contribution in [0.15, 0.2) is 22.7 Å². The summed E-state index contributed by atoms with van der Waals surface area (Å²) in [4.78, 5) is 12.3. The van der Waals surface area contributed by atoms with Gasteiger partial charge in [0.1, 0.15) is 11.3 Å². The lowest BCUT2D eigenvalue weighted by atomic mass is 10.1. The van der Waals surface area contributed by atoms with Crippen LogP contribution in [-0.4, -0.2) is 11.1 Å². The van der Waals surface area contributed by atoms with Crippen molar-refractivity contribution in [2.75, 3.05) is 5.32 Å². The summed E-state index contributed by atoms with van der Waals surface area (Å²) >= 11 is 0. The highest BCUT2D eigenvalue weighted by Gasteiger charge is 2.19. The van der Waals surface area contributed by atoms with Crippen LogP contribution in [0.4, 0.5) is 5.69 Å². The van der Waals surface area contributed by atoms with E-state index in [1.807, 2.05) is 39.0 Å². The van der Waals surface area contributed by atoms with Crippen molar-refractivity contribution in [3.05, 3.63) is 46.3 Å². The third-order valence-corrected chi connectivity index (χ3v) is 3.12. The first-order chi connectivity index (χ1) is 9.02. The molecule has 0 aliphatic heterocycles. The van der Waals surface area contributed by atoms with Crippen LogP contribution in [0.5, 0.6) is 0 Å². The average Bonchev–Trinajstić information content (AvgIpc) is 2.75. The predicted octanol–water partition coefficient (Wildman–Crippen LogP) is 3.41. The lowest BCUT2D eigenvalue weighted by Gasteiger charge is -2.09. The normalized spacial score (nSPS) is 10.5. The molecule has 1 aromatic carbocycles. The van der Waals surface area contributed by atoms with Crippen LogP contribution in [0.25, 0.3) is 0 Å². The molecule has 4 heteroatoms. The molecule has 0 spiro atoms. The highest BCUT2D eigenvalue weighted by Crippen LogP contribution is 2.20. The fourth-order valence-corrected chi connectivity index (χ4v) is 2.00. The summed E-state index contributed by atoms with van der Waals surface area (Å²) < 4.78 is 5.15. The van der Waals surface area contributed by atoms with Gasteiger partial charge in [0.05, 0.1) is 5.69 Å². The van der Waals surface area contributed by atoms with Crippen LogP contribution in [0, 0.1) is 20.8 Å². The number of amides is 1. The molecular formula is C15H18N2O2. The van der Waals surface area contributed by atoms with Gasteiger partial charge in [0.25, 0.3) is 5.91 Å². The summed E-state index contributed by atoms with van der Waals surface area (Å²) in [5.41, 5.74) is 4.14. The molecule has 0 aliphatic rings. The summed E-state index contributed by atoms with van der Waals surface area (Å²) in [6, 6.07) is 5.97. The summed E-state index contributed by atoms with van der Waals surface area (Å²) in [7, 11) is 0. The largest absolute Gasteiger partial charge is 0.360 e. The second-order valence-electron chi connectivity index (χ2n) is 4.69. The molecule has 0 saturated heterocycles. The van der Waals surface area contributed by atoms with Crippen molar-refractivity contribution in [2.45, 2.75) is 34.1 Å². The third-order valence-electron chi connectivity index (χ3n) is 3.12. The maximum atomic E-state index is 12.3. The van der Waals surface area contributed by atoms with E-state index in [1.165, 1.54) is 0 Å². The Morgan fingerprint density at radius 1 is 1.32 bits per heavy atom. The van der Waals surface area contributed by atoms with Crippen LogP contribution in [0.1, 0.15) is 39.9 Å². The highest BCUT2D eigenvalue weighted by atomic mass is 16.5. The van der Waals surface area contributed by atoms with Gasteiger partial charge in [0, 0.05) is 12.1 Å². The van der Waals surface area contributed by atoms with Crippen molar-refractivity contribution in [3.8, 4) is 0 Å². The van der Waals surface area contributed by atoms with Crippen LogP contribution in [0.3, 0.4) is 0 Å². The van der Waals surface area contributed by atoms with E-state index in [4.69, 9.17) is 4.52 Å². The number of hydrogen-bond donors (Lipinski definition) is 1. The van der Waals surface area contributed by atoms with E-state index in [9.17, 15) is 4.79 Å². The zero-order valence-electron chi connectivity index (χ0n) is 11.7. The first kappa shape index (κ1) is 13.3. The molecule has 4 nitrogen and oxygen atoms in total. The lowest BCUT2D eigenvalue weighted by Crippen LogP contribution is -2.15. The molecule has 0 fully saturated rings. The van der Waals surface area contributed by atoms with E-state index in [0.29, 0.717) is 23.4 Å². The fourth-order valence-electron chi connectivity index (χ4n) is 2.00. The second-order valence-corrected chi connectivity index (χ2v) is 4.69. The van der Waals surface area contributed by atoms with Gasteiger partial charge in [0.15, 0.2) is 0 Å². The predicted molar refractivity (Wildman–Crippen MR) is 74.5 cm³/mol. The molecule has 0 radical (unpaired) electrons. The molecule has 2 aromatic rings. The van der Waals surface area contributed by atoms with Crippen LogP contribution in [0.2, 0.25) is 0 Å². The molecule has 0 atom stereocenters. The molecule has 2 rings (SSSR count). The zero-order valence-corrected chi connectivity index (χ0v) is 11.7. The quantitative estimate of drug-likeness (QED) is 0.917. The Hall–Kier alpha value is -2.10. The Morgan fingerprint density at radius 2 is 2.05 bits per heavy atom. The Kier molecular flexibility index (Phi) is 3.69. The Bertz CT molecular complexity index is 615. The molecule has 100 valence electrons. The van der Waals surface area contributed by atoms with Gasteiger partial charge in [-0.2, -0.15) is 0 Å². The monoisotopic (exact) mass is 258 g/mol. The molecule has 1 amide bonds. The summed E-state index contributed by atoms with van der Waals surface area (Å²) in [5, 5.41) is 6.78. The Balaban J connectivity index is 2.30. The van der Waals surface area contributed by atoms with E-state index in [0.717, 1.165) is 16.8 Å². The molecular weight excluding hydrogens is 240 g/mol. The topological polar surface area (TPSA) is 55.1 Å². The number of aromatic nitrogens is 1. The maximum absolute atomic E-state index is 12.3. The SMILES string of the molecule is CCc1onc(C)c1C(=O)Nc1cc(C)ccc1C. The lowest BCUT2D eigenvalue weighted by molar-refractivity contribution is 0.102. The second kappa shape index (κ2) is 5.26. The minimum absolute atomic E-state index is 0.163. The van der Waals surface area contributed by atoms with Crippen molar-refractivity contribution < 1.29 is 9.32 Å².